The molecule has 0 spiro atoms. The van der Waals surface area contributed by atoms with Gasteiger partial charge in [0.25, 0.3) is 0 Å². The van der Waals surface area contributed by atoms with E-state index in [0.717, 1.165) is 4.90 Å². The van der Waals surface area contributed by atoms with E-state index in [-0.39, 0.29) is 11.0 Å². The van der Waals surface area contributed by atoms with E-state index in [0.29, 0.717) is 10.8 Å². The van der Waals surface area contributed by atoms with E-state index in [9.17, 15) is 4.79 Å². The average Bonchev–Trinajstić information content (AvgIpc) is 2.78. The van der Waals surface area contributed by atoms with Crippen LogP contribution < -0.4 is 0 Å². The lowest BCUT2D eigenvalue weighted by Gasteiger charge is -2.08. The maximum Gasteiger partial charge on any atom is 0.371 e. The molecule has 1 aromatic carbocycles. The van der Waals surface area contributed by atoms with Crippen molar-refractivity contribution in [2.24, 2.45) is 0 Å². The highest BCUT2D eigenvalue weighted by molar-refractivity contribution is 7.99. The third-order valence-electron chi connectivity index (χ3n) is 2.35. The van der Waals surface area contributed by atoms with Gasteiger partial charge in [0.1, 0.15) is 5.76 Å². The molecule has 0 radical (unpaired) electrons. The molecule has 2 aromatic rings. The zero-order valence-electron chi connectivity index (χ0n) is 9.59. The Hall–Kier alpha value is -1.39. The zero-order chi connectivity index (χ0) is 13.1. The Morgan fingerprint density at radius 1 is 1.39 bits per heavy atom. The Kier molecular flexibility index (Phi) is 3.99. The molecular formula is C13H11ClO3S. The molecule has 1 N–H and O–H groups in total. The summed E-state index contributed by atoms with van der Waals surface area (Å²) in [5, 5.41) is 9.49. The molecule has 2 rings (SSSR count). The van der Waals surface area contributed by atoms with Crippen LogP contribution in [0.25, 0.3) is 0 Å². The Labute approximate surface area is 114 Å². The number of hydrogen-bond acceptors (Lipinski definition) is 3. The standard InChI is InChI=1S/C13H11ClO3S/c1-8(11-5-6-12(17-11)13(15)16)18-10-4-2-3-9(14)7-10/h2-8H,1H3,(H,15,16). The van der Waals surface area contributed by atoms with E-state index >= 15 is 0 Å². The Bertz CT molecular complexity index is 565. The number of aromatic carboxylic acids is 1. The summed E-state index contributed by atoms with van der Waals surface area (Å²) in [5.41, 5.74) is 0. The van der Waals surface area contributed by atoms with Gasteiger partial charge in [0, 0.05) is 9.92 Å². The summed E-state index contributed by atoms with van der Waals surface area (Å²) >= 11 is 7.47. The van der Waals surface area contributed by atoms with Crippen LogP contribution in [-0.2, 0) is 0 Å². The molecule has 0 amide bonds. The van der Waals surface area contributed by atoms with Gasteiger partial charge in [-0.1, -0.05) is 17.7 Å². The van der Waals surface area contributed by atoms with Crippen LogP contribution in [0.3, 0.4) is 0 Å². The van der Waals surface area contributed by atoms with Crippen LogP contribution in [-0.4, -0.2) is 11.1 Å². The second-order valence-electron chi connectivity index (χ2n) is 3.72. The maximum absolute atomic E-state index is 10.7. The van der Waals surface area contributed by atoms with Crippen LogP contribution in [0.2, 0.25) is 5.02 Å². The van der Waals surface area contributed by atoms with E-state index < -0.39 is 5.97 Å². The topological polar surface area (TPSA) is 50.4 Å². The number of furan rings is 1. The second kappa shape index (κ2) is 5.50. The normalized spacial score (nSPS) is 12.3. The minimum atomic E-state index is -1.05. The molecular weight excluding hydrogens is 272 g/mol. The maximum atomic E-state index is 10.7. The molecule has 0 saturated heterocycles. The molecule has 0 bridgehead atoms. The predicted molar refractivity (Wildman–Crippen MR) is 71.4 cm³/mol. The third-order valence-corrected chi connectivity index (χ3v) is 3.69. The number of rotatable bonds is 4. The van der Waals surface area contributed by atoms with Crippen LogP contribution in [0, 0.1) is 0 Å². The van der Waals surface area contributed by atoms with Crippen LogP contribution >= 0.6 is 23.4 Å². The van der Waals surface area contributed by atoms with E-state index in [4.69, 9.17) is 21.1 Å². The van der Waals surface area contributed by atoms with Gasteiger partial charge < -0.3 is 9.52 Å². The lowest BCUT2D eigenvalue weighted by atomic mass is 10.3. The first-order valence-corrected chi connectivity index (χ1v) is 6.57. The smallest absolute Gasteiger partial charge is 0.371 e. The molecule has 18 heavy (non-hydrogen) atoms. The zero-order valence-corrected chi connectivity index (χ0v) is 11.2. The Morgan fingerprint density at radius 2 is 2.17 bits per heavy atom. The SMILES string of the molecule is CC(Sc1cccc(Cl)c1)c1ccc(C(=O)O)o1. The van der Waals surface area contributed by atoms with Crippen molar-refractivity contribution in [3.05, 3.63) is 52.9 Å². The minimum absolute atomic E-state index is 0.0246. The summed E-state index contributed by atoms with van der Waals surface area (Å²) in [7, 11) is 0. The lowest BCUT2D eigenvalue weighted by Crippen LogP contribution is -1.92. The molecule has 1 aromatic heterocycles. The average molecular weight is 283 g/mol. The summed E-state index contributed by atoms with van der Waals surface area (Å²) in [6.07, 6.45) is 0. The van der Waals surface area contributed by atoms with E-state index in [1.165, 1.54) is 6.07 Å². The van der Waals surface area contributed by atoms with Crippen molar-refractivity contribution in [3.8, 4) is 0 Å². The van der Waals surface area contributed by atoms with Crippen molar-refractivity contribution in [2.45, 2.75) is 17.1 Å². The molecule has 1 unspecified atom stereocenters. The van der Waals surface area contributed by atoms with Gasteiger partial charge in [0.05, 0.1) is 5.25 Å². The minimum Gasteiger partial charge on any atom is -0.475 e. The largest absolute Gasteiger partial charge is 0.475 e. The molecule has 3 nitrogen and oxygen atoms in total. The van der Waals surface area contributed by atoms with Gasteiger partial charge in [-0.3, -0.25) is 0 Å². The summed E-state index contributed by atoms with van der Waals surface area (Å²) in [6.45, 7) is 1.95. The van der Waals surface area contributed by atoms with Gasteiger partial charge in [0.2, 0.25) is 5.76 Å². The van der Waals surface area contributed by atoms with E-state index in [1.54, 1.807) is 17.8 Å². The molecule has 0 aliphatic rings. The van der Waals surface area contributed by atoms with Crippen molar-refractivity contribution in [3.63, 3.8) is 0 Å². The summed E-state index contributed by atoms with van der Waals surface area (Å²) in [4.78, 5) is 11.7. The number of benzene rings is 1. The fourth-order valence-corrected chi connectivity index (χ4v) is 2.75. The number of carbonyl (C=O) groups is 1. The molecule has 0 saturated carbocycles. The van der Waals surface area contributed by atoms with Crippen LogP contribution in [0.5, 0.6) is 0 Å². The predicted octanol–water partition coefficient (Wildman–Crippen LogP) is 4.48. The molecule has 0 aliphatic carbocycles. The van der Waals surface area contributed by atoms with Crippen LogP contribution in [0.15, 0.2) is 45.7 Å². The fraction of sp³-hybridized carbons (Fsp3) is 0.154. The quantitative estimate of drug-likeness (QED) is 0.840. The number of carboxylic acids is 1. The van der Waals surface area contributed by atoms with Crippen LogP contribution in [0.1, 0.15) is 28.5 Å². The monoisotopic (exact) mass is 282 g/mol. The highest BCUT2D eigenvalue weighted by Gasteiger charge is 2.15. The number of hydrogen-bond donors (Lipinski definition) is 1. The summed E-state index contributed by atoms with van der Waals surface area (Å²) in [6, 6.07) is 10.7. The Morgan fingerprint density at radius 3 is 2.78 bits per heavy atom. The van der Waals surface area contributed by atoms with Gasteiger partial charge in [-0.15, -0.1) is 11.8 Å². The van der Waals surface area contributed by atoms with E-state index in [1.807, 2.05) is 31.2 Å². The van der Waals surface area contributed by atoms with Gasteiger partial charge >= 0.3 is 5.97 Å². The van der Waals surface area contributed by atoms with Crippen molar-refractivity contribution in [1.82, 2.24) is 0 Å². The highest BCUT2D eigenvalue weighted by Crippen LogP contribution is 2.36. The first kappa shape index (κ1) is 13.1. The van der Waals surface area contributed by atoms with Gasteiger partial charge in [0.15, 0.2) is 0 Å². The van der Waals surface area contributed by atoms with Crippen LogP contribution in [0.4, 0.5) is 0 Å². The van der Waals surface area contributed by atoms with Gasteiger partial charge in [-0.25, -0.2) is 4.79 Å². The fourth-order valence-electron chi connectivity index (χ4n) is 1.49. The molecule has 94 valence electrons. The van der Waals surface area contributed by atoms with Gasteiger partial charge in [-0.05, 0) is 37.3 Å². The van der Waals surface area contributed by atoms with Gasteiger partial charge in [-0.2, -0.15) is 0 Å². The highest BCUT2D eigenvalue weighted by atomic mass is 35.5. The first-order valence-electron chi connectivity index (χ1n) is 5.31. The molecule has 5 heteroatoms. The number of thioether (sulfide) groups is 1. The van der Waals surface area contributed by atoms with Crippen molar-refractivity contribution >= 4 is 29.3 Å². The third kappa shape index (κ3) is 3.09. The van der Waals surface area contributed by atoms with Crippen molar-refractivity contribution in [1.29, 1.82) is 0 Å². The lowest BCUT2D eigenvalue weighted by molar-refractivity contribution is 0.0660. The molecule has 0 aliphatic heterocycles. The second-order valence-corrected chi connectivity index (χ2v) is 5.58. The molecule has 1 atom stereocenters. The molecule has 1 heterocycles. The summed E-state index contributed by atoms with van der Waals surface area (Å²) < 4.78 is 5.26. The van der Waals surface area contributed by atoms with Crippen molar-refractivity contribution in [2.75, 3.05) is 0 Å². The first-order chi connectivity index (χ1) is 8.56. The van der Waals surface area contributed by atoms with Crippen molar-refractivity contribution < 1.29 is 14.3 Å². The number of halogens is 1. The van der Waals surface area contributed by atoms with E-state index in [2.05, 4.69) is 0 Å². The number of carboxylic acid groups (broad SMARTS) is 1. The summed E-state index contributed by atoms with van der Waals surface area (Å²) in [5.74, 6) is -0.456. The molecule has 0 fully saturated rings. The Balaban J connectivity index is 2.11.